The lowest BCUT2D eigenvalue weighted by Crippen LogP contribution is -2.61. The van der Waals surface area contributed by atoms with E-state index in [9.17, 15) is 38.4 Å². The zero-order valence-electron chi connectivity index (χ0n) is 76.2. The summed E-state index contributed by atoms with van der Waals surface area (Å²) in [4.78, 5) is 2.29. The minimum atomic E-state index is -2.21. The number of para-hydroxylation sites is 5. The molecule has 3 aliphatic heterocycles. The van der Waals surface area contributed by atoms with Gasteiger partial charge in [0.05, 0.1) is 98.8 Å². The molecule has 0 N–H and O–H groups in total. The average molecular weight is 1030 g/mol. The molecule has 7 heteroatoms. The lowest BCUT2D eigenvalue weighted by atomic mass is 9.35. The van der Waals surface area contributed by atoms with Gasteiger partial charge in [0.2, 0.25) is 0 Å². The first kappa shape index (κ1) is 21.8. The van der Waals surface area contributed by atoms with Crippen LogP contribution in [-0.4, -0.2) is 11.3 Å². The van der Waals surface area contributed by atoms with Crippen LogP contribution in [0.5, 0.6) is 0 Å². The van der Waals surface area contributed by atoms with E-state index < -0.39 is 347 Å². The lowest BCUT2D eigenvalue weighted by molar-refractivity contribution is 0.590. The van der Waals surface area contributed by atoms with Gasteiger partial charge in [-0.1, -0.05) is 162 Å². The number of rotatable bonds is 5. The molecule has 0 amide bonds. The highest BCUT2D eigenvalue weighted by atomic mass is 16.3. The van der Waals surface area contributed by atoms with Crippen molar-refractivity contribution < 1.29 is 56.8 Å². The molecule has 0 bridgehead atoms. The van der Waals surface area contributed by atoms with E-state index in [0.717, 1.165) is 9.80 Å². The highest BCUT2D eigenvalue weighted by molar-refractivity contribution is 7.00. The van der Waals surface area contributed by atoms with E-state index in [2.05, 4.69) is 0 Å². The third-order valence-corrected chi connectivity index (χ3v) is 14.0. The van der Waals surface area contributed by atoms with Crippen LogP contribution in [-0.2, 0) is 10.8 Å². The summed E-state index contributed by atoms with van der Waals surface area (Å²) in [5.74, 6) is 0. The predicted molar refractivity (Wildman–Crippen MR) is 323 cm³/mol. The van der Waals surface area contributed by atoms with Crippen molar-refractivity contribution in [3.05, 3.63) is 223 Å². The normalized spacial score (nSPS) is 19.9. The van der Waals surface area contributed by atoms with Crippen molar-refractivity contribution in [3.8, 4) is 16.8 Å². The third kappa shape index (κ3) is 6.25. The topological polar surface area (TPSA) is 40.9 Å². The minimum Gasteiger partial charge on any atom is -0.468 e. The Morgan fingerprint density at radius 3 is 1.78 bits per heavy atom. The fraction of sp³-hybridized carbons (Fsp3) is 0.114. The summed E-state index contributed by atoms with van der Waals surface area (Å²) in [5.41, 5.74) is -18.0. The molecule has 0 unspecified atom stereocenters. The quantitative estimate of drug-likeness (QED) is 0.161. The Morgan fingerprint density at radius 1 is 0.429 bits per heavy atom. The molecule has 6 heterocycles. The summed E-state index contributed by atoms with van der Waals surface area (Å²) in [7, 11) is 0. The lowest BCUT2D eigenvalue weighted by Gasteiger charge is -2.45. The zero-order chi connectivity index (χ0) is 82.1. The van der Waals surface area contributed by atoms with Crippen LogP contribution < -0.4 is 31.3 Å². The third-order valence-electron chi connectivity index (χ3n) is 14.0. The van der Waals surface area contributed by atoms with Crippen LogP contribution in [0.15, 0.2) is 220 Å². The number of anilines is 9. The van der Waals surface area contributed by atoms with E-state index in [0.29, 0.717) is 4.90 Å². The van der Waals surface area contributed by atoms with Crippen molar-refractivity contribution >= 4 is 129 Å². The number of hydrogen-bond donors (Lipinski definition) is 0. The Hall–Kier alpha value is -9.20. The van der Waals surface area contributed by atoms with Crippen molar-refractivity contribution in [1.29, 1.82) is 0 Å². The number of nitrogens with zero attached hydrogens (tertiary/aromatic N) is 4. The average Bonchev–Trinajstić information content (AvgIpc) is 1.20. The minimum absolute atomic E-state index is 0.0138. The summed E-state index contributed by atoms with van der Waals surface area (Å²) in [5, 5.41) is -2.50. The molecule has 368 valence electrons. The van der Waals surface area contributed by atoms with Gasteiger partial charge in [0.25, 0.3) is 6.71 Å². The number of benzene rings is 10. The first-order valence-corrected chi connectivity index (χ1v) is 24.1. The molecule has 0 fully saturated rings. The van der Waals surface area contributed by atoms with E-state index in [-0.39, 0.29) is 32.9 Å². The molecule has 0 saturated carbocycles. The van der Waals surface area contributed by atoms with E-state index in [1.54, 1.807) is 41.5 Å². The van der Waals surface area contributed by atoms with Gasteiger partial charge >= 0.3 is 0 Å². The van der Waals surface area contributed by atoms with Gasteiger partial charge < -0.3 is 28.1 Å². The summed E-state index contributed by atoms with van der Waals surface area (Å²) in [6.45, 7) is 7.69. The fourth-order valence-corrected chi connectivity index (χ4v) is 10.6. The number of hydrogen-bond acceptors (Lipinski definition) is 5. The van der Waals surface area contributed by atoms with Crippen LogP contribution in [0.4, 0.5) is 51.2 Å². The molecule has 77 heavy (non-hydrogen) atoms. The fourth-order valence-electron chi connectivity index (χ4n) is 10.6. The van der Waals surface area contributed by atoms with Crippen LogP contribution in [0.2, 0.25) is 0 Å². The summed E-state index contributed by atoms with van der Waals surface area (Å²) < 4.78 is 354. The van der Waals surface area contributed by atoms with E-state index in [1.165, 1.54) is 4.57 Å². The summed E-state index contributed by atoms with van der Waals surface area (Å²) in [6, 6.07) is -34.6. The van der Waals surface area contributed by atoms with Gasteiger partial charge in [-0.05, 0) is 135 Å². The second-order valence-electron chi connectivity index (χ2n) is 20.6. The van der Waals surface area contributed by atoms with Gasteiger partial charge in [0.15, 0.2) is 5.58 Å². The Morgan fingerprint density at radius 2 is 1.05 bits per heavy atom. The standard InChI is InChI=1S/C70H53BN4O2/c1-69(2,3)44-33-34-55-51(37-44)52-38-45(70(4,5)6)39-60-64(52)73(55)56-29-19-28-54-66(56)75(60)59-41-48(72(46-22-12-8-13-23-46)47-24-14-9-15-25-47)40-58-63(59)71(54)68-65(53-36-43(32-35-62(53)77-68)42-20-10-7-11-21-42)74(58)57-30-18-27-50-49-26-16-17-31-61(49)76-67(50)57/h7-41H,1-6H3/i7D,8D,9D,10D,11D,12D,13D,14D,15D,16D,17D,18D,19D,20D,21D,22D,23D,24D,25D,26D,27D,28D,29D,30D,31D,32D,33D,34D,35D,36D,37D,38D,39D,40D,41D. The Bertz CT molecular complexity index is 6610. The Labute approximate surface area is 496 Å². The molecule has 6 nitrogen and oxygen atoms in total. The van der Waals surface area contributed by atoms with Crippen LogP contribution >= 0.6 is 0 Å². The summed E-state index contributed by atoms with van der Waals surface area (Å²) >= 11 is 0. The number of fused-ring (bicyclic) bond motifs is 14. The van der Waals surface area contributed by atoms with E-state index in [4.69, 9.17) is 18.4 Å². The second kappa shape index (κ2) is 15.7. The van der Waals surface area contributed by atoms with E-state index >= 15 is 0 Å². The van der Waals surface area contributed by atoms with Crippen LogP contribution in [0, 0.1) is 0 Å². The van der Waals surface area contributed by atoms with Crippen molar-refractivity contribution in [2.45, 2.75) is 52.4 Å². The molecule has 16 rings (SSSR count). The van der Waals surface area contributed by atoms with Gasteiger partial charge in [-0.25, -0.2) is 0 Å². The summed E-state index contributed by atoms with van der Waals surface area (Å²) in [6.07, 6.45) is 0. The van der Waals surface area contributed by atoms with Crippen LogP contribution in [0.1, 0.15) is 101 Å². The van der Waals surface area contributed by atoms with Gasteiger partial charge in [-0.3, -0.25) is 0 Å². The van der Waals surface area contributed by atoms with Crippen molar-refractivity contribution in [1.82, 2.24) is 4.57 Å². The molecule has 3 aromatic heterocycles. The molecular formula is C70H53BN4O2. The molecule has 0 spiro atoms. The zero-order valence-corrected chi connectivity index (χ0v) is 41.2. The highest BCUT2D eigenvalue weighted by Crippen LogP contribution is 2.56. The Balaban J connectivity index is 1.27. The maximum Gasteiger partial charge on any atom is 0.297 e. The predicted octanol–water partition coefficient (Wildman–Crippen LogP) is 17.6. The monoisotopic (exact) mass is 1030 g/mol. The van der Waals surface area contributed by atoms with Crippen molar-refractivity contribution in [3.63, 3.8) is 0 Å². The molecule has 0 atom stereocenters. The number of furan rings is 2. The highest BCUT2D eigenvalue weighted by Gasteiger charge is 2.50. The maximum absolute atomic E-state index is 11.4. The largest absolute Gasteiger partial charge is 0.468 e. The second-order valence-corrected chi connectivity index (χ2v) is 20.6. The molecular weight excluding hydrogens is 940 g/mol. The number of aromatic nitrogens is 1. The molecule has 3 aliphatic rings. The van der Waals surface area contributed by atoms with Crippen LogP contribution in [0.25, 0.3) is 71.5 Å². The van der Waals surface area contributed by atoms with Crippen molar-refractivity contribution in [2.75, 3.05) is 14.7 Å². The van der Waals surface area contributed by atoms with Gasteiger partial charge in [0.1, 0.15) is 11.2 Å². The van der Waals surface area contributed by atoms with Crippen molar-refractivity contribution in [2.24, 2.45) is 0 Å². The molecule has 0 aliphatic carbocycles. The maximum atomic E-state index is 11.4. The first-order valence-electron chi connectivity index (χ1n) is 41.6. The van der Waals surface area contributed by atoms with Gasteiger partial charge in [-0.2, -0.15) is 0 Å². The SMILES string of the molecule is [2H]c1c([2H])c([2H])c(-c2c([2H])c([2H])c3oc4c(c3c2[2H])N(c2c([2H])c([2H])c([2H])c3c2oc2c([2H])c([2H])c([2H])c([2H])c23)c2c([2H])c(N(c3c([2H])c([2H])c([2H])c([2H])c3[2H])c3c([2H])c([2H])c([2H])c([2H])c3[2H])c([2H])c3c2B4c2c([2H])c([2H])c([2H])c4c2N3c2c([2H])c(C(C)(C)C)c([2H])c3c5c([2H])c(C(C)(C)C)c([2H])c([2H])c5n-4c23)c([2H])c1[2H]. The van der Waals surface area contributed by atoms with Crippen LogP contribution in [0.3, 0.4) is 0 Å². The molecule has 0 saturated heterocycles. The molecule has 10 aromatic carbocycles. The smallest absolute Gasteiger partial charge is 0.297 e. The molecule has 0 radical (unpaired) electrons. The van der Waals surface area contributed by atoms with Gasteiger partial charge in [-0.15, -0.1) is 0 Å². The van der Waals surface area contributed by atoms with Gasteiger partial charge in [0, 0.05) is 49.7 Å². The van der Waals surface area contributed by atoms with E-state index in [1.807, 2.05) is 0 Å². The Kier molecular flexibility index (Phi) is 4.44. The molecule has 13 aromatic rings. The first-order chi connectivity index (χ1) is 52.1.